The molecule has 0 bridgehead atoms. The standard InChI is InChI=1S/C27H31NO2/c1-18-9-13-21(14-10-18)24-17-27(29,23-7-5-6-8-25(23)30-4)20(3)26(28-24)22-15-11-19(2)12-16-22/h5-16,20,24,26,28-29H,17H2,1-4H3/t20-,24-,26+,27+/m0/s1. The Bertz CT molecular complexity index is 996. The smallest absolute Gasteiger partial charge is 0.124 e. The molecule has 2 N–H and O–H groups in total. The first-order valence-electron chi connectivity index (χ1n) is 10.7. The van der Waals surface area contributed by atoms with Crippen LogP contribution in [0.3, 0.4) is 0 Å². The summed E-state index contributed by atoms with van der Waals surface area (Å²) in [5.74, 6) is 0.692. The molecule has 4 rings (SSSR count). The molecule has 0 radical (unpaired) electrons. The van der Waals surface area contributed by atoms with Gasteiger partial charge in [0.2, 0.25) is 0 Å². The summed E-state index contributed by atoms with van der Waals surface area (Å²) in [5, 5.41) is 16.0. The van der Waals surface area contributed by atoms with E-state index >= 15 is 0 Å². The highest BCUT2D eigenvalue weighted by atomic mass is 16.5. The maximum atomic E-state index is 12.2. The maximum absolute atomic E-state index is 12.2. The summed E-state index contributed by atoms with van der Waals surface area (Å²) < 4.78 is 5.65. The predicted octanol–water partition coefficient (Wildman–Crippen LogP) is 5.61. The van der Waals surface area contributed by atoms with Crippen LogP contribution in [0.5, 0.6) is 5.75 Å². The molecule has 0 aliphatic carbocycles. The van der Waals surface area contributed by atoms with Gasteiger partial charge >= 0.3 is 0 Å². The molecule has 0 saturated carbocycles. The Morgan fingerprint density at radius 1 is 0.867 bits per heavy atom. The zero-order valence-electron chi connectivity index (χ0n) is 18.2. The van der Waals surface area contributed by atoms with E-state index in [9.17, 15) is 5.11 Å². The monoisotopic (exact) mass is 401 g/mol. The van der Waals surface area contributed by atoms with E-state index in [0.717, 1.165) is 11.3 Å². The lowest BCUT2D eigenvalue weighted by atomic mass is 9.68. The molecule has 3 heteroatoms. The lowest BCUT2D eigenvalue weighted by Crippen LogP contribution is -2.50. The van der Waals surface area contributed by atoms with Gasteiger partial charge in [-0.05, 0) is 31.0 Å². The van der Waals surface area contributed by atoms with Gasteiger partial charge in [0.15, 0.2) is 0 Å². The van der Waals surface area contributed by atoms with Crippen molar-refractivity contribution in [3.05, 3.63) is 101 Å². The van der Waals surface area contributed by atoms with Gasteiger partial charge in [-0.15, -0.1) is 0 Å². The average molecular weight is 402 g/mol. The Kier molecular flexibility index (Phi) is 5.68. The highest BCUT2D eigenvalue weighted by Gasteiger charge is 2.48. The lowest BCUT2D eigenvalue weighted by Gasteiger charge is -2.48. The van der Waals surface area contributed by atoms with E-state index in [1.165, 1.54) is 22.3 Å². The number of rotatable bonds is 4. The first kappa shape index (κ1) is 20.6. The van der Waals surface area contributed by atoms with Crippen molar-refractivity contribution in [2.75, 3.05) is 7.11 Å². The zero-order valence-corrected chi connectivity index (χ0v) is 18.2. The van der Waals surface area contributed by atoms with Crippen LogP contribution >= 0.6 is 0 Å². The highest BCUT2D eigenvalue weighted by Crippen LogP contribution is 2.50. The first-order valence-corrected chi connectivity index (χ1v) is 10.7. The van der Waals surface area contributed by atoms with Crippen molar-refractivity contribution in [3.63, 3.8) is 0 Å². The van der Waals surface area contributed by atoms with Crippen LogP contribution in [-0.2, 0) is 5.60 Å². The number of aryl methyl sites for hydroxylation is 2. The molecule has 0 amide bonds. The third-order valence-electron chi connectivity index (χ3n) is 6.64. The first-order chi connectivity index (χ1) is 14.4. The number of para-hydroxylation sites is 1. The molecule has 0 aromatic heterocycles. The Morgan fingerprint density at radius 2 is 1.43 bits per heavy atom. The van der Waals surface area contributed by atoms with Gasteiger partial charge in [0.1, 0.15) is 5.75 Å². The number of methoxy groups -OCH3 is 1. The largest absolute Gasteiger partial charge is 0.496 e. The third kappa shape index (κ3) is 3.76. The van der Waals surface area contributed by atoms with Crippen LogP contribution in [0.1, 0.15) is 53.2 Å². The second kappa shape index (κ2) is 8.25. The third-order valence-corrected chi connectivity index (χ3v) is 6.64. The van der Waals surface area contributed by atoms with Gasteiger partial charge in [-0.1, -0.05) is 84.8 Å². The van der Waals surface area contributed by atoms with Crippen LogP contribution in [0, 0.1) is 19.8 Å². The molecule has 30 heavy (non-hydrogen) atoms. The summed E-state index contributed by atoms with van der Waals surface area (Å²) in [7, 11) is 1.67. The van der Waals surface area contributed by atoms with Crippen molar-refractivity contribution in [1.29, 1.82) is 0 Å². The number of benzene rings is 3. The molecule has 1 saturated heterocycles. The van der Waals surface area contributed by atoms with Crippen LogP contribution in [0.15, 0.2) is 72.8 Å². The van der Waals surface area contributed by atoms with Crippen molar-refractivity contribution in [2.45, 2.75) is 44.9 Å². The van der Waals surface area contributed by atoms with Gasteiger partial charge < -0.3 is 15.2 Å². The molecule has 0 spiro atoms. The Labute approximate surface area is 179 Å². The van der Waals surface area contributed by atoms with E-state index in [1.807, 2.05) is 24.3 Å². The second-order valence-corrected chi connectivity index (χ2v) is 8.64. The molecular weight excluding hydrogens is 370 g/mol. The molecule has 1 heterocycles. The molecule has 3 aromatic rings. The van der Waals surface area contributed by atoms with Crippen molar-refractivity contribution < 1.29 is 9.84 Å². The van der Waals surface area contributed by atoms with E-state index in [-0.39, 0.29) is 18.0 Å². The van der Waals surface area contributed by atoms with Crippen LogP contribution in [-0.4, -0.2) is 12.2 Å². The van der Waals surface area contributed by atoms with Gasteiger partial charge in [-0.2, -0.15) is 0 Å². The normalized spacial score (nSPS) is 26.4. The Hall–Kier alpha value is -2.62. The fourth-order valence-electron chi connectivity index (χ4n) is 4.72. The summed E-state index contributed by atoms with van der Waals surface area (Å²) in [6.07, 6.45) is 0.583. The number of hydrogen-bond donors (Lipinski definition) is 2. The number of hydrogen-bond acceptors (Lipinski definition) is 3. The quantitative estimate of drug-likeness (QED) is 0.597. The summed E-state index contributed by atoms with van der Waals surface area (Å²) in [6, 6.07) is 25.1. The molecular formula is C27H31NO2. The summed E-state index contributed by atoms with van der Waals surface area (Å²) >= 11 is 0. The number of ether oxygens (including phenoxy) is 1. The maximum Gasteiger partial charge on any atom is 0.124 e. The van der Waals surface area contributed by atoms with E-state index in [2.05, 4.69) is 74.6 Å². The lowest BCUT2D eigenvalue weighted by molar-refractivity contribution is -0.0755. The van der Waals surface area contributed by atoms with Gasteiger partial charge in [0.25, 0.3) is 0 Å². The minimum atomic E-state index is -1.02. The summed E-state index contributed by atoms with van der Waals surface area (Å²) in [5.41, 5.74) is 4.69. The predicted molar refractivity (Wildman–Crippen MR) is 122 cm³/mol. The molecule has 1 aliphatic rings. The van der Waals surface area contributed by atoms with E-state index in [1.54, 1.807) is 7.11 Å². The number of aliphatic hydroxyl groups is 1. The average Bonchev–Trinajstić information content (AvgIpc) is 2.77. The number of piperidine rings is 1. The van der Waals surface area contributed by atoms with Crippen LogP contribution in [0.2, 0.25) is 0 Å². The fraction of sp³-hybridized carbons (Fsp3) is 0.333. The van der Waals surface area contributed by atoms with E-state index in [4.69, 9.17) is 4.74 Å². The molecule has 1 fully saturated rings. The van der Waals surface area contributed by atoms with E-state index in [0.29, 0.717) is 6.42 Å². The van der Waals surface area contributed by atoms with Gasteiger partial charge in [0.05, 0.1) is 12.7 Å². The molecule has 3 nitrogen and oxygen atoms in total. The van der Waals surface area contributed by atoms with Crippen molar-refractivity contribution in [1.82, 2.24) is 5.32 Å². The van der Waals surface area contributed by atoms with Gasteiger partial charge in [-0.3, -0.25) is 0 Å². The van der Waals surface area contributed by atoms with Crippen LogP contribution in [0.25, 0.3) is 0 Å². The summed E-state index contributed by atoms with van der Waals surface area (Å²) in [4.78, 5) is 0. The van der Waals surface area contributed by atoms with Gasteiger partial charge in [-0.25, -0.2) is 0 Å². The summed E-state index contributed by atoms with van der Waals surface area (Å²) in [6.45, 7) is 6.33. The molecule has 156 valence electrons. The Balaban J connectivity index is 1.81. The van der Waals surface area contributed by atoms with Crippen molar-refractivity contribution in [3.8, 4) is 5.75 Å². The van der Waals surface area contributed by atoms with Gasteiger partial charge in [0, 0.05) is 30.0 Å². The topological polar surface area (TPSA) is 41.5 Å². The highest BCUT2D eigenvalue weighted by molar-refractivity contribution is 5.41. The minimum Gasteiger partial charge on any atom is -0.496 e. The van der Waals surface area contributed by atoms with Crippen molar-refractivity contribution >= 4 is 0 Å². The van der Waals surface area contributed by atoms with Crippen LogP contribution < -0.4 is 10.1 Å². The zero-order chi connectivity index (χ0) is 21.3. The fourth-order valence-corrected chi connectivity index (χ4v) is 4.72. The molecule has 4 atom stereocenters. The number of nitrogens with one attached hydrogen (secondary N) is 1. The second-order valence-electron chi connectivity index (χ2n) is 8.64. The molecule has 3 aromatic carbocycles. The van der Waals surface area contributed by atoms with Crippen LogP contribution in [0.4, 0.5) is 0 Å². The molecule has 0 unspecified atom stereocenters. The van der Waals surface area contributed by atoms with Crippen molar-refractivity contribution in [2.24, 2.45) is 5.92 Å². The Morgan fingerprint density at radius 3 is 2.03 bits per heavy atom. The van der Waals surface area contributed by atoms with E-state index < -0.39 is 5.60 Å². The minimum absolute atomic E-state index is 0.0144. The molecule has 1 aliphatic heterocycles. The SMILES string of the molecule is COc1ccccc1[C@@]1(O)C[C@@H](c2ccc(C)cc2)N[C@@H](c2ccc(C)cc2)[C@@H]1C.